The van der Waals surface area contributed by atoms with Gasteiger partial charge in [-0.2, -0.15) is 0 Å². The summed E-state index contributed by atoms with van der Waals surface area (Å²) in [6.45, 7) is 6.43. The van der Waals surface area contributed by atoms with Gasteiger partial charge in [0.1, 0.15) is 23.9 Å². The van der Waals surface area contributed by atoms with E-state index in [-0.39, 0.29) is 29.1 Å². The average molecular weight is 437 g/mol. The van der Waals surface area contributed by atoms with Gasteiger partial charge in [0, 0.05) is 11.6 Å². The van der Waals surface area contributed by atoms with E-state index in [9.17, 15) is 9.18 Å². The number of allylic oxidation sites excluding steroid dienone is 1. The van der Waals surface area contributed by atoms with Gasteiger partial charge >= 0.3 is 0 Å². The van der Waals surface area contributed by atoms with Crippen molar-refractivity contribution in [2.45, 2.75) is 32.8 Å². The molecule has 31 heavy (non-hydrogen) atoms. The average Bonchev–Trinajstić information content (AvgIpc) is 3.02. The summed E-state index contributed by atoms with van der Waals surface area (Å²) in [5, 5.41) is 0.301. The van der Waals surface area contributed by atoms with E-state index in [4.69, 9.17) is 21.1 Å². The van der Waals surface area contributed by atoms with Gasteiger partial charge < -0.3 is 9.47 Å². The molecule has 3 aromatic rings. The molecular formula is C26H22ClFO3. The van der Waals surface area contributed by atoms with Crippen LogP contribution in [0.3, 0.4) is 0 Å². The van der Waals surface area contributed by atoms with Crippen molar-refractivity contribution in [1.29, 1.82) is 0 Å². The summed E-state index contributed by atoms with van der Waals surface area (Å²) in [5.41, 5.74) is 2.91. The van der Waals surface area contributed by atoms with Gasteiger partial charge in [0.05, 0.1) is 10.6 Å². The molecule has 4 rings (SSSR count). The lowest BCUT2D eigenvalue weighted by Crippen LogP contribution is -2.10. The molecule has 0 bridgehead atoms. The second kappa shape index (κ2) is 8.20. The molecule has 0 radical (unpaired) electrons. The van der Waals surface area contributed by atoms with Gasteiger partial charge in [-0.3, -0.25) is 4.79 Å². The van der Waals surface area contributed by atoms with Gasteiger partial charge in [-0.15, -0.1) is 0 Å². The second-order valence-corrected chi connectivity index (χ2v) is 8.87. The maximum absolute atomic E-state index is 13.9. The molecule has 0 saturated carbocycles. The van der Waals surface area contributed by atoms with Gasteiger partial charge in [0.25, 0.3) is 0 Å². The fraction of sp³-hybridized carbons (Fsp3) is 0.192. The first-order valence-electron chi connectivity index (χ1n) is 9.97. The Morgan fingerprint density at radius 1 is 1.06 bits per heavy atom. The van der Waals surface area contributed by atoms with E-state index in [1.54, 1.807) is 36.4 Å². The third kappa shape index (κ3) is 4.49. The number of carbonyl (C=O) groups is 1. The van der Waals surface area contributed by atoms with Crippen LogP contribution in [-0.2, 0) is 12.0 Å². The summed E-state index contributed by atoms with van der Waals surface area (Å²) in [6, 6.07) is 17.5. The molecule has 0 saturated heterocycles. The van der Waals surface area contributed by atoms with Crippen LogP contribution in [0.1, 0.15) is 47.8 Å². The van der Waals surface area contributed by atoms with Crippen molar-refractivity contribution in [1.82, 2.24) is 0 Å². The van der Waals surface area contributed by atoms with Crippen LogP contribution >= 0.6 is 11.6 Å². The molecule has 0 amide bonds. The first-order valence-corrected chi connectivity index (χ1v) is 10.3. The van der Waals surface area contributed by atoms with Crippen LogP contribution in [0.15, 0.2) is 66.4 Å². The maximum Gasteiger partial charge on any atom is 0.231 e. The Balaban J connectivity index is 1.51. The van der Waals surface area contributed by atoms with Crippen molar-refractivity contribution in [2.24, 2.45) is 0 Å². The summed E-state index contributed by atoms with van der Waals surface area (Å²) in [7, 11) is 0. The molecule has 1 aliphatic rings. The molecule has 158 valence electrons. The predicted molar refractivity (Wildman–Crippen MR) is 120 cm³/mol. The number of rotatable bonds is 4. The Bertz CT molecular complexity index is 1150. The van der Waals surface area contributed by atoms with Crippen LogP contribution in [0.5, 0.6) is 11.5 Å². The van der Waals surface area contributed by atoms with Gasteiger partial charge in [0.2, 0.25) is 5.78 Å². The highest BCUT2D eigenvalue weighted by Crippen LogP contribution is 2.35. The van der Waals surface area contributed by atoms with E-state index < -0.39 is 5.82 Å². The van der Waals surface area contributed by atoms with E-state index in [2.05, 4.69) is 32.9 Å². The minimum atomic E-state index is -0.428. The van der Waals surface area contributed by atoms with Crippen LogP contribution in [-0.4, -0.2) is 5.78 Å². The van der Waals surface area contributed by atoms with Crippen molar-refractivity contribution >= 4 is 23.5 Å². The van der Waals surface area contributed by atoms with E-state index in [1.807, 2.05) is 12.1 Å². The summed E-state index contributed by atoms with van der Waals surface area (Å²) in [5.74, 6) is 0.524. The number of Topliss-reactive ketones (excluding diaryl/α,β-unsaturated/α-hetero) is 1. The molecule has 0 fully saturated rings. The van der Waals surface area contributed by atoms with Gasteiger partial charge in [0.15, 0.2) is 5.76 Å². The van der Waals surface area contributed by atoms with E-state index in [0.717, 1.165) is 5.56 Å². The molecule has 5 heteroatoms. The highest BCUT2D eigenvalue weighted by molar-refractivity contribution is 6.31. The number of fused-ring (bicyclic) bond motifs is 1. The summed E-state index contributed by atoms with van der Waals surface area (Å²) >= 11 is 6.04. The number of carbonyl (C=O) groups excluding carboxylic acids is 1. The number of ketones is 1. The zero-order chi connectivity index (χ0) is 22.2. The predicted octanol–water partition coefficient (Wildman–Crippen LogP) is 6.97. The highest BCUT2D eigenvalue weighted by Gasteiger charge is 2.28. The van der Waals surface area contributed by atoms with Crippen molar-refractivity contribution in [3.63, 3.8) is 0 Å². The zero-order valence-electron chi connectivity index (χ0n) is 17.5. The fourth-order valence-corrected chi connectivity index (χ4v) is 3.53. The number of hydrogen-bond donors (Lipinski definition) is 0. The number of ether oxygens (including phenoxy) is 2. The standard InChI is InChI=1S/C26H22ClFO3/c1-26(2,3)17-9-7-16(8-10-17)13-24-25(29)19-12-11-18(14-23(19)31-24)30-15-20-21(27)5-4-6-22(20)28/h4-14H,15H2,1-3H3. The Labute approximate surface area is 186 Å². The van der Waals surface area contributed by atoms with Crippen LogP contribution in [0.25, 0.3) is 6.08 Å². The molecule has 0 unspecified atom stereocenters. The molecule has 3 aromatic carbocycles. The lowest BCUT2D eigenvalue weighted by atomic mass is 9.86. The van der Waals surface area contributed by atoms with E-state index in [1.165, 1.54) is 11.6 Å². The normalized spacial score (nSPS) is 14.5. The van der Waals surface area contributed by atoms with Gasteiger partial charge in [-0.05, 0) is 46.9 Å². The molecule has 0 atom stereocenters. The van der Waals surface area contributed by atoms with Crippen LogP contribution in [0, 0.1) is 5.82 Å². The van der Waals surface area contributed by atoms with Gasteiger partial charge in [-0.1, -0.05) is 62.7 Å². The van der Waals surface area contributed by atoms with Crippen LogP contribution < -0.4 is 9.47 Å². The largest absolute Gasteiger partial charge is 0.489 e. The first-order chi connectivity index (χ1) is 14.7. The van der Waals surface area contributed by atoms with Crippen molar-refractivity contribution < 1.29 is 18.7 Å². The summed E-state index contributed by atoms with van der Waals surface area (Å²) in [6.07, 6.45) is 1.73. The molecule has 0 aliphatic carbocycles. The Hall–Kier alpha value is -3.11. The monoisotopic (exact) mass is 436 g/mol. The number of benzene rings is 3. The molecular weight excluding hydrogens is 415 g/mol. The maximum atomic E-state index is 13.9. The summed E-state index contributed by atoms with van der Waals surface area (Å²) < 4.78 is 25.4. The molecule has 1 aliphatic heterocycles. The van der Waals surface area contributed by atoms with Crippen molar-refractivity contribution in [3.05, 3.63) is 99.5 Å². The summed E-state index contributed by atoms with van der Waals surface area (Å²) in [4.78, 5) is 12.7. The molecule has 3 nitrogen and oxygen atoms in total. The second-order valence-electron chi connectivity index (χ2n) is 8.46. The smallest absolute Gasteiger partial charge is 0.231 e. The van der Waals surface area contributed by atoms with E-state index >= 15 is 0 Å². The third-order valence-electron chi connectivity index (χ3n) is 5.16. The fourth-order valence-electron chi connectivity index (χ4n) is 3.31. The molecule has 0 aromatic heterocycles. The SMILES string of the molecule is CC(C)(C)c1ccc(C=C2Oc3cc(OCc4c(F)cccc4Cl)ccc3C2=O)cc1. The van der Waals surface area contributed by atoms with E-state index in [0.29, 0.717) is 22.1 Å². The van der Waals surface area contributed by atoms with Crippen LogP contribution in [0.4, 0.5) is 4.39 Å². The number of hydrogen-bond acceptors (Lipinski definition) is 3. The first kappa shape index (κ1) is 21.1. The van der Waals surface area contributed by atoms with Gasteiger partial charge in [-0.25, -0.2) is 4.39 Å². The molecule has 0 spiro atoms. The quantitative estimate of drug-likeness (QED) is 0.414. The Morgan fingerprint density at radius 3 is 2.48 bits per heavy atom. The third-order valence-corrected chi connectivity index (χ3v) is 5.51. The number of halogens is 2. The van der Waals surface area contributed by atoms with Crippen molar-refractivity contribution in [2.75, 3.05) is 0 Å². The van der Waals surface area contributed by atoms with Crippen LogP contribution in [0.2, 0.25) is 5.02 Å². The lowest BCUT2D eigenvalue weighted by Gasteiger charge is -2.18. The highest BCUT2D eigenvalue weighted by atomic mass is 35.5. The zero-order valence-corrected chi connectivity index (χ0v) is 18.3. The lowest BCUT2D eigenvalue weighted by molar-refractivity contribution is 0.101. The molecule has 0 N–H and O–H groups in total. The minimum absolute atomic E-state index is 0.0267. The van der Waals surface area contributed by atoms with Crippen molar-refractivity contribution in [3.8, 4) is 11.5 Å². The Kier molecular flexibility index (Phi) is 5.59. The Morgan fingerprint density at radius 2 is 1.81 bits per heavy atom. The topological polar surface area (TPSA) is 35.5 Å². The molecule has 1 heterocycles. The minimum Gasteiger partial charge on any atom is -0.489 e.